The van der Waals surface area contributed by atoms with Crippen molar-refractivity contribution in [2.75, 3.05) is 5.32 Å². The fraction of sp³-hybridized carbons (Fsp3) is 0.148. The van der Waals surface area contributed by atoms with E-state index in [-0.39, 0.29) is 17.4 Å². The molecule has 0 aliphatic carbocycles. The van der Waals surface area contributed by atoms with Gasteiger partial charge in [-0.25, -0.2) is 9.48 Å². The van der Waals surface area contributed by atoms with Crippen LogP contribution in [-0.2, 0) is 4.79 Å². The number of aromatic nitrogens is 4. The molecule has 1 unspecified atom stereocenters. The number of fused-ring (bicyclic) bond motifs is 1. The van der Waals surface area contributed by atoms with Gasteiger partial charge in [-0.05, 0) is 47.5 Å². The molecule has 1 atom stereocenters. The molecule has 2 N–H and O–H groups in total. The third-order valence-electron chi connectivity index (χ3n) is 6.30. The Labute approximate surface area is 211 Å². The average Bonchev–Trinajstić information content (AvgIpc) is 3.54. The Morgan fingerprint density at radius 3 is 2.42 bits per heavy atom. The zero-order valence-corrected chi connectivity index (χ0v) is 20.4. The number of carboxylic acids is 1. The van der Waals surface area contributed by atoms with Gasteiger partial charge in [-0.3, -0.25) is 4.79 Å². The highest BCUT2D eigenvalue weighted by atomic mass is 32.1. The minimum Gasteiger partial charge on any atom is -0.478 e. The maximum Gasteiger partial charge on any atom is 0.335 e. The van der Waals surface area contributed by atoms with E-state index in [2.05, 4.69) is 26.7 Å². The summed E-state index contributed by atoms with van der Waals surface area (Å²) in [5, 5.41) is 25.8. The van der Waals surface area contributed by atoms with Crippen molar-refractivity contribution in [3.05, 3.63) is 101 Å². The van der Waals surface area contributed by atoms with Crippen molar-refractivity contribution in [3.8, 4) is 5.69 Å². The van der Waals surface area contributed by atoms with Crippen molar-refractivity contribution in [1.29, 1.82) is 0 Å². The van der Waals surface area contributed by atoms with Crippen molar-refractivity contribution < 1.29 is 14.7 Å². The van der Waals surface area contributed by atoms with Gasteiger partial charge in [-0.1, -0.05) is 61.6 Å². The highest BCUT2D eigenvalue weighted by molar-refractivity contribution is 7.13. The Hall–Kier alpha value is -4.37. The van der Waals surface area contributed by atoms with Crippen molar-refractivity contribution in [1.82, 2.24) is 20.0 Å². The summed E-state index contributed by atoms with van der Waals surface area (Å²) >= 11 is 1.28. The Bertz CT molecular complexity index is 1530. The van der Waals surface area contributed by atoms with Crippen molar-refractivity contribution >= 4 is 39.2 Å². The van der Waals surface area contributed by atoms with Crippen LogP contribution in [0, 0.1) is 5.41 Å². The first-order chi connectivity index (χ1) is 17.3. The second kappa shape index (κ2) is 9.35. The molecule has 0 saturated heterocycles. The van der Waals surface area contributed by atoms with E-state index >= 15 is 0 Å². The molecule has 5 aromatic rings. The van der Waals surface area contributed by atoms with E-state index in [4.69, 9.17) is 0 Å². The van der Waals surface area contributed by atoms with Gasteiger partial charge in [0.1, 0.15) is 5.51 Å². The van der Waals surface area contributed by atoms with Gasteiger partial charge in [0, 0.05) is 11.3 Å². The smallest absolute Gasteiger partial charge is 0.335 e. The molecule has 0 radical (unpaired) electrons. The summed E-state index contributed by atoms with van der Waals surface area (Å²) in [6.07, 6.45) is 1.78. The molecule has 0 aliphatic heterocycles. The zero-order chi connectivity index (χ0) is 25.3. The predicted molar refractivity (Wildman–Crippen MR) is 139 cm³/mol. The summed E-state index contributed by atoms with van der Waals surface area (Å²) in [4.78, 5) is 24.6. The number of rotatable bonds is 7. The molecule has 0 saturated carbocycles. The van der Waals surface area contributed by atoms with Crippen LogP contribution in [0.15, 0.2) is 84.5 Å². The normalized spacial score (nSPS) is 12.4. The molecule has 0 spiro atoms. The maximum absolute atomic E-state index is 13.4. The van der Waals surface area contributed by atoms with E-state index in [0.29, 0.717) is 5.13 Å². The molecule has 0 fully saturated rings. The number of benzene rings is 3. The summed E-state index contributed by atoms with van der Waals surface area (Å²) in [7, 11) is 0. The molecule has 180 valence electrons. The summed E-state index contributed by atoms with van der Waals surface area (Å²) in [6.45, 7) is 3.86. The van der Waals surface area contributed by atoms with Gasteiger partial charge in [-0.15, -0.1) is 10.2 Å². The average molecular weight is 498 g/mol. The molecule has 0 aliphatic rings. The largest absolute Gasteiger partial charge is 0.478 e. The molecule has 8 nitrogen and oxygen atoms in total. The van der Waals surface area contributed by atoms with Gasteiger partial charge in [0.15, 0.2) is 0 Å². The molecule has 9 heteroatoms. The lowest BCUT2D eigenvalue weighted by Crippen LogP contribution is -2.37. The third-order valence-corrected chi connectivity index (χ3v) is 6.91. The van der Waals surface area contributed by atoms with E-state index < -0.39 is 11.4 Å². The van der Waals surface area contributed by atoms with Crippen LogP contribution in [0.4, 0.5) is 5.13 Å². The Kier molecular flexibility index (Phi) is 6.07. The maximum atomic E-state index is 13.4. The van der Waals surface area contributed by atoms with Crippen LogP contribution >= 0.6 is 11.3 Å². The number of hydrogen-bond acceptors (Lipinski definition) is 6. The van der Waals surface area contributed by atoms with Gasteiger partial charge in [0.25, 0.3) is 0 Å². The first-order valence-electron chi connectivity index (χ1n) is 11.3. The number of anilines is 1. The van der Waals surface area contributed by atoms with Crippen molar-refractivity contribution in [3.63, 3.8) is 0 Å². The second-order valence-corrected chi connectivity index (χ2v) is 9.82. The third kappa shape index (κ3) is 4.36. The lowest BCUT2D eigenvalue weighted by Gasteiger charge is -2.33. The number of nitrogens with one attached hydrogen (secondary N) is 1. The first-order valence-corrected chi connectivity index (χ1v) is 12.2. The van der Waals surface area contributed by atoms with Crippen LogP contribution < -0.4 is 5.32 Å². The summed E-state index contributed by atoms with van der Waals surface area (Å²) in [5.41, 5.74) is 4.63. The fourth-order valence-corrected chi connectivity index (χ4v) is 4.91. The minimum absolute atomic E-state index is 0.151. The summed E-state index contributed by atoms with van der Waals surface area (Å²) in [5.74, 6) is -1.36. The van der Waals surface area contributed by atoms with E-state index in [1.807, 2.05) is 56.3 Å². The standard InChI is InChI=1S/C27H23N5O3S/c1-27(2,25(35)30-26-31-28-16-36-26)23(17-6-4-3-5-7-17)19-10-13-22-20(14-19)15-29-32(22)21-11-8-18(9-12-21)24(33)34/h3-16,23H,1-2H3,(H,33,34)(H,30,31,35). The van der Waals surface area contributed by atoms with E-state index in [1.165, 1.54) is 11.3 Å². The number of nitrogens with zero attached hydrogens (tertiary/aromatic N) is 4. The van der Waals surface area contributed by atoms with Gasteiger partial charge in [0.05, 0.1) is 28.4 Å². The lowest BCUT2D eigenvalue weighted by atomic mass is 9.70. The summed E-state index contributed by atoms with van der Waals surface area (Å²) < 4.78 is 1.77. The predicted octanol–water partition coefficient (Wildman–Crippen LogP) is 5.37. The monoisotopic (exact) mass is 497 g/mol. The van der Waals surface area contributed by atoms with E-state index in [0.717, 1.165) is 27.7 Å². The SMILES string of the molecule is CC(C)(C(=O)Nc1nncs1)C(c1ccccc1)c1ccc2c(cnn2-c2ccc(C(=O)O)cc2)c1. The number of aromatic carboxylic acids is 1. The Morgan fingerprint density at radius 1 is 1.00 bits per heavy atom. The number of hydrogen-bond donors (Lipinski definition) is 2. The van der Waals surface area contributed by atoms with Crippen LogP contribution in [0.25, 0.3) is 16.6 Å². The Morgan fingerprint density at radius 2 is 1.75 bits per heavy atom. The molecule has 3 aromatic carbocycles. The van der Waals surface area contributed by atoms with Crippen LogP contribution in [0.5, 0.6) is 0 Å². The van der Waals surface area contributed by atoms with Gasteiger partial charge in [0.2, 0.25) is 11.0 Å². The van der Waals surface area contributed by atoms with E-state index in [1.54, 1.807) is 40.7 Å². The van der Waals surface area contributed by atoms with Crippen LogP contribution in [-0.4, -0.2) is 37.0 Å². The zero-order valence-electron chi connectivity index (χ0n) is 19.6. The number of carbonyl (C=O) groups is 2. The minimum atomic E-state index is -0.971. The highest BCUT2D eigenvalue weighted by Crippen LogP contribution is 2.42. The summed E-state index contributed by atoms with van der Waals surface area (Å²) in [6, 6.07) is 22.6. The van der Waals surface area contributed by atoms with Crippen LogP contribution in [0.1, 0.15) is 41.3 Å². The van der Waals surface area contributed by atoms with Crippen LogP contribution in [0.2, 0.25) is 0 Å². The van der Waals surface area contributed by atoms with Crippen molar-refractivity contribution in [2.24, 2.45) is 5.41 Å². The number of amides is 1. The van der Waals surface area contributed by atoms with E-state index in [9.17, 15) is 14.7 Å². The fourth-order valence-electron chi connectivity index (χ4n) is 4.47. The van der Waals surface area contributed by atoms with Gasteiger partial charge >= 0.3 is 5.97 Å². The topological polar surface area (TPSA) is 110 Å². The quantitative estimate of drug-likeness (QED) is 0.313. The van der Waals surface area contributed by atoms with Crippen molar-refractivity contribution in [2.45, 2.75) is 19.8 Å². The molecule has 5 rings (SSSR count). The lowest BCUT2D eigenvalue weighted by molar-refractivity contribution is -0.124. The van der Waals surface area contributed by atoms with Gasteiger partial charge in [-0.2, -0.15) is 5.10 Å². The van der Waals surface area contributed by atoms with Crippen LogP contribution in [0.3, 0.4) is 0 Å². The second-order valence-electron chi connectivity index (χ2n) is 8.99. The molecule has 0 bridgehead atoms. The molecule has 2 heterocycles. The highest BCUT2D eigenvalue weighted by Gasteiger charge is 2.39. The first kappa shape index (κ1) is 23.4. The molecular weight excluding hydrogens is 474 g/mol. The molecule has 36 heavy (non-hydrogen) atoms. The van der Waals surface area contributed by atoms with Gasteiger partial charge < -0.3 is 10.4 Å². The molecule has 2 aromatic heterocycles. The molecule has 1 amide bonds. The Balaban J connectivity index is 1.55. The molecular formula is C27H23N5O3S. The number of carbonyl (C=O) groups excluding carboxylic acids is 1. The number of carboxylic acid groups (broad SMARTS) is 1.